The Morgan fingerprint density at radius 1 is 0.558 bits per heavy atom. The summed E-state index contributed by atoms with van der Waals surface area (Å²) < 4.78 is 16.7. The first-order valence-corrected chi connectivity index (χ1v) is 32.5. The highest BCUT2D eigenvalue weighted by Gasteiger charge is 2.74. The molecular weight excluding hydrogens is 1170 g/mol. The van der Waals surface area contributed by atoms with Crippen molar-refractivity contribution in [1.82, 2.24) is 0 Å². The Balaban J connectivity index is 0.000000179. The second kappa shape index (κ2) is 24.4. The molecule has 17 heteroatoms. The summed E-state index contributed by atoms with van der Waals surface area (Å²) in [6, 6.07) is 21.9. The van der Waals surface area contributed by atoms with Crippen LogP contribution in [0.15, 0.2) is 72.8 Å². The molecule has 13 nitrogen and oxygen atoms in total. The third-order valence-corrected chi connectivity index (χ3v) is 23.1. The molecule has 6 fully saturated rings. The van der Waals surface area contributed by atoms with Gasteiger partial charge in [0.1, 0.15) is 11.6 Å². The molecule has 4 aromatic carbocycles. The van der Waals surface area contributed by atoms with Crippen molar-refractivity contribution in [2.75, 3.05) is 44.2 Å². The summed E-state index contributed by atoms with van der Waals surface area (Å²) in [4.78, 5) is 71.3. The summed E-state index contributed by atoms with van der Waals surface area (Å²) in [7, 11) is 1.32. The average molecular weight is 1260 g/mol. The number of anilines is 2. The summed E-state index contributed by atoms with van der Waals surface area (Å²) in [6.07, 6.45) is 11.7. The molecule has 0 radical (unpaired) electrons. The van der Waals surface area contributed by atoms with E-state index in [0.717, 1.165) is 93.0 Å². The lowest BCUT2D eigenvalue weighted by Gasteiger charge is -2.51. The Kier molecular flexibility index (Phi) is 17.9. The molecule has 4 aliphatic heterocycles. The number of esters is 1. The van der Waals surface area contributed by atoms with E-state index in [1.165, 1.54) is 7.11 Å². The Bertz CT molecular complexity index is 3280. The molecule has 0 unspecified atom stereocenters. The third kappa shape index (κ3) is 11.2. The molecular formula is C69H82Cl4N2O11. The second-order valence-electron chi connectivity index (χ2n) is 28.2. The van der Waals surface area contributed by atoms with Gasteiger partial charge < -0.3 is 40.2 Å². The molecule has 10 atom stereocenters. The molecule has 86 heavy (non-hydrogen) atoms. The van der Waals surface area contributed by atoms with E-state index in [0.29, 0.717) is 82.2 Å². The fourth-order valence-corrected chi connectivity index (χ4v) is 18.5. The summed E-state index contributed by atoms with van der Waals surface area (Å²) in [5.41, 5.74) is 2.95. The molecule has 4 aliphatic carbocycles. The van der Waals surface area contributed by atoms with Crippen LogP contribution in [0.25, 0.3) is 0 Å². The maximum absolute atomic E-state index is 14.7. The summed E-state index contributed by atoms with van der Waals surface area (Å²) in [6.45, 7) is 9.77. The lowest BCUT2D eigenvalue weighted by atomic mass is 9.51. The first-order chi connectivity index (χ1) is 40.9. The van der Waals surface area contributed by atoms with Crippen molar-refractivity contribution >= 4 is 87.1 Å². The highest BCUT2D eigenvalue weighted by atomic mass is 35.5. The molecule has 4 aromatic rings. The number of fused-ring (bicyclic) bond motifs is 6. The van der Waals surface area contributed by atoms with Gasteiger partial charge in [0, 0.05) is 68.0 Å². The van der Waals surface area contributed by atoms with Gasteiger partial charge in [-0.25, -0.2) is 4.79 Å². The Labute approximate surface area is 525 Å². The molecule has 8 aliphatic rings. The van der Waals surface area contributed by atoms with Crippen molar-refractivity contribution in [3.05, 3.63) is 126 Å². The van der Waals surface area contributed by atoms with Gasteiger partial charge in [-0.15, -0.1) is 0 Å². The minimum Gasteiger partial charge on any atom is -0.465 e. The minimum absolute atomic E-state index is 0.00670. The van der Waals surface area contributed by atoms with Gasteiger partial charge in [-0.2, -0.15) is 0 Å². The van der Waals surface area contributed by atoms with Crippen molar-refractivity contribution in [1.29, 1.82) is 0 Å². The van der Waals surface area contributed by atoms with Crippen LogP contribution in [-0.4, -0.2) is 90.4 Å². The van der Waals surface area contributed by atoms with Crippen LogP contribution in [0.4, 0.5) is 11.4 Å². The monoisotopic (exact) mass is 1250 g/mol. The number of halogens is 4. The van der Waals surface area contributed by atoms with Crippen LogP contribution in [0.1, 0.15) is 180 Å². The zero-order valence-electron chi connectivity index (χ0n) is 50.0. The van der Waals surface area contributed by atoms with E-state index < -0.39 is 51.3 Å². The molecule has 462 valence electrons. The number of ketones is 2. The lowest BCUT2D eigenvalue weighted by Crippen LogP contribution is -2.52. The van der Waals surface area contributed by atoms with Gasteiger partial charge in [0.05, 0.1) is 68.7 Å². The standard InChI is InChI=1S/C35H41Cl2NO6.C34H41Cl2NO5/c1-33(2)8-10-34(11-9-33)17-26(29(40)12-20-4-6-25(18-39)44-19-20)30(21-13-22(31(41)43-3)15-24(37)14-21)35(34)27-7-5-23(36)16-28(27)38-32(35)42;1-32(2)7-9-33(10-8-32)16-26(29(40)13-20-3-5-25(18-39)42-19-20)30(22-11-21(17-38)12-24(36)14-22)34(33)27-6-4-23(35)15-28(27)37-31(34)41/h5,7,13-16,20,25-26,30,39H,4,6,8-12,17-19H2,1-3H3,(H,38,42);4,6,11-12,14-15,20,25-26,30,38-39H,3,5,7-10,13,16-19H2,1-2H3,(H,37,41)/t20-,25-,26-,30-,35+;20-,25-,26-,30-,34+/m00/s1. The van der Waals surface area contributed by atoms with Crippen LogP contribution < -0.4 is 10.6 Å². The predicted octanol–water partition coefficient (Wildman–Crippen LogP) is 13.9. The van der Waals surface area contributed by atoms with E-state index in [-0.39, 0.29) is 83.6 Å². The summed E-state index contributed by atoms with van der Waals surface area (Å²) in [5.74, 6) is -2.26. The number of hydrogen-bond donors (Lipinski definition) is 5. The van der Waals surface area contributed by atoms with E-state index in [4.69, 9.17) is 60.6 Å². The normalized spacial score (nSPS) is 30.8. The molecule has 4 saturated carbocycles. The van der Waals surface area contributed by atoms with Gasteiger partial charge in [-0.1, -0.05) is 92.3 Å². The van der Waals surface area contributed by atoms with Crippen molar-refractivity contribution in [3.8, 4) is 0 Å². The Morgan fingerprint density at radius 3 is 1.38 bits per heavy atom. The number of carbonyl (C=O) groups excluding carboxylic acids is 5. The molecule has 2 amide bonds. The van der Waals surface area contributed by atoms with Crippen LogP contribution >= 0.6 is 46.4 Å². The molecule has 0 bridgehead atoms. The minimum atomic E-state index is -1.06. The van der Waals surface area contributed by atoms with Gasteiger partial charge in [0.25, 0.3) is 0 Å². The van der Waals surface area contributed by atoms with E-state index in [9.17, 15) is 39.3 Å². The second-order valence-corrected chi connectivity index (χ2v) is 29.9. The Hall–Kier alpha value is -4.41. The first-order valence-electron chi connectivity index (χ1n) is 31.0. The lowest BCUT2D eigenvalue weighted by molar-refractivity contribution is -0.129. The predicted molar refractivity (Wildman–Crippen MR) is 333 cm³/mol. The van der Waals surface area contributed by atoms with Crippen molar-refractivity contribution < 1.29 is 53.5 Å². The number of amides is 2. The van der Waals surface area contributed by atoms with Crippen LogP contribution in [0.5, 0.6) is 0 Å². The third-order valence-electron chi connectivity index (χ3n) is 22.1. The number of nitrogens with one attached hydrogen (secondary N) is 2. The quantitative estimate of drug-likeness (QED) is 0.0846. The molecule has 4 spiro atoms. The number of hydrogen-bond acceptors (Lipinski definition) is 11. The number of aliphatic hydroxyl groups is 3. The molecule has 5 N–H and O–H groups in total. The molecule has 0 aromatic heterocycles. The zero-order chi connectivity index (χ0) is 61.3. The number of aliphatic hydroxyl groups excluding tert-OH is 3. The maximum atomic E-state index is 14.7. The summed E-state index contributed by atoms with van der Waals surface area (Å²) >= 11 is 26.2. The SMILES string of the molecule is CC1(C)CCC2(CC1)C[C@@H](C(=O)C[C@@H]1CC[C@@H](CO)OC1)[C@H](c1cc(Cl)cc(CO)c1)[C@]21C(=O)Nc2cc(Cl)ccc21.COC(=O)c1cc(Cl)cc([C@H]2[C@H](C(=O)C[C@@H]3CC[C@@H](CO)OC3)CC3(CCC(C)(C)CC3)[C@@]23C(=O)Nc2cc(Cl)ccc23)c1. The smallest absolute Gasteiger partial charge is 0.337 e. The zero-order valence-corrected chi connectivity index (χ0v) is 53.0. The Morgan fingerprint density at radius 2 is 0.988 bits per heavy atom. The first kappa shape index (κ1) is 63.2. The number of ether oxygens (including phenoxy) is 3. The van der Waals surface area contributed by atoms with Crippen LogP contribution in [0.2, 0.25) is 20.1 Å². The largest absolute Gasteiger partial charge is 0.465 e. The fourth-order valence-electron chi connectivity index (χ4n) is 17.7. The van der Waals surface area contributed by atoms with E-state index in [1.807, 2.05) is 48.5 Å². The van der Waals surface area contributed by atoms with E-state index in [1.54, 1.807) is 24.3 Å². The van der Waals surface area contributed by atoms with Crippen molar-refractivity contribution in [3.63, 3.8) is 0 Å². The van der Waals surface area contributed by atoms with Gasteiger partial charge >= 0.3 is 5.97 Å². The number of rotatable bonds is 12. The van der Waals surface area contributed by atoms with Crippen LogP contribution in [-0.2, 0) is 50.8 Å². The fraction of sp³-hybridized carbons (Fsp3) is 0.580. The van der Waals surface area contributed by atoms with Gasteiger partial charge in [-0.05, 0) is 206 Å². The maximum Gasteiger partial charge on any atom is 0.337 e. The highest BCUT2D eigenvalue weighted by Crippen LogP contribution is 2.74. The molecule has 4 heterocycles. The highest BCUT2D eigenvalue weighted by molar-refractivity contribution is 6.32. The number of benzene rings is 4. The van der Waals surface area contributed by atoms with E-state index in [2.05, 4.69) is 38.3 Å². The van der Waals surface area contributed by atoms with Gasteiger partial charge in [0.15, 0.2) is 0 Å². The van der Waals surface area contributed by atoms with Crippen molar-refractivity contribution in [2.45, 2.75) is 172 Å². The van der Waals surface area contributed by atoms with Gasteiger partial charge in [0.2, 0.25) is 11.8 Å². The van der Waals surface area contributed by atoms with Gasteiger partial charge in [-0.3, -0.25) is 19.2 Å². The number of carbonyl (C=O) groups is 5. The molecule has 2 saturated heterocycles. The topological polar surface area (TPSA) is 198 Å². The van der Waals surface area contributed by atoms with E-state index >= 15 is 0 Å². The van der Waals surface area contributed by atoms with Crippen molar-refractivity contribution in [2.24, 2.45) is 45.3 Å². The number of methoxy groups -OCH3 is 1. The summed E-state index contributed by atoms with van der Waals surface area (Å²) in [5, 5.41) is 37.4. The molecule has 12 rings (SSSR count). The van der Waals surface area contributed by atoms with Crippen LogP contribution in [0, 0.1) is 45.3 Å². The average Bonchev–Trinajstić information content (AvgIpc) is 1.58. The van der Waals surface area contributed by atoms with Crippen LogP contribution in [0.3, 0.4) is 0 Å². The number of Topliss-reactive ketones (excluding diaryl/α,β-unsaturated/α-hetero) is 2.